The summed E-state index contributed by atoms with van der Waals surface area (Å²) in [5, 5.41) is 50.1. The fourth-order valence-corrected chi connectivity index (χ4v) is 10.0. The topological polar surface area (TPSA) is 204 Å². The molecule has 0 saturated heterocycles. The van der Waals surface area contributed by atoms with Gasteiger partial charge in [-0.15, -0.1) is 0 Å². The molecule has 52 heavy (non-hydrogen) atoms. The van der Waals surface area contributed by atoms with E-state index in [0.29, 0.717) is 37.1 Å². The van der Waals surface area contributed by atoms with Crippen LogP contribution in [-0.2, 0) is 19.7 Å². The zero-order valence-corrected chi connectivity index (χ0v) is 30.0. The fourth-order valence-electron chi connectivity index (χ4n) is 6.61. The molecule has 262 valence electrons. The molecule has 2 aliphatic carbocycles. The second-order valence-corrected chi connectivity index (χ2v) is 16.9. The molecule has 0 radical (unpaired) electrons. The Balaban J connectivity index is 1.40. The number of benzene rings is 2. The number of nitriles is 5. The van der Waals surface area contributed by atoms with Gasteiger partial charge in [0.15, 0.2) is 19.7 Å². The molecule has 0 saturated carbocycles. The zero-order chi connectivity index (χ0) is 37.7. The summed E-state index contributed by atoms with van der Waals surface area (Å²) in [6.45, 7) is 7.86. The van der Waals surface area contributed by atoms with Gasteiger partial charge in [0.1, 0.15) is 17.7 Å². The summed E-state index contributed by atoms with van der Waals surface area (Å²) >= 11 is 0. The molecular weight excluding hydrogens is 695 g/mol. The SMILES string of the molecule is [C-]#[N+]/C(C#N)=C1\CC(S(=O)(=O)c2ccccc2)CC(NCCCCCCCC2=C(C#N)C(=C(C#N)C#N)CC(S(=O)(=O)c3ccccc3)C2)=C1C#N. The number of hydrogen-bond donors (Lipinski definition) is 1. The standard InChI is InChI=1S/C39H35N7O4S2/c1-45-39(27-44)35-21-33(52(49,50)31-16-10-6-11-17-31)22-38(37(35)26-43)46-18-12-4-2-3-7-13-28-19-32(51(47,48)30-14-8-5-9-15-30)20-34(36(28)25-42)29(23-40)24-41/h5-6,8-11,14-17,32-33,46H,2-4,7,12-13,18-22H2/b39-35+. The minimum absolute atomic E-state index is 0.0351. The van der Waals surface area contributed by atoms with Gasteiger partial charge in [-0.25, -0.2) is 26.9 Å². The minimum Gasteiger partial charge on any atom is -0.387 e. The van der Waals surface area contributed by atoms with Gasteiger partial charge in [-0.05, 0) is 73.9 Å². The summed E-state index contributed by atoms with van der Waals surface area (Å²) in [6, 6.07) is 25.6. The quantitative estimate of drug-likeness (QED) is 0.129. The van der Waals surface area contributed by atoms with Crippen LogP contribution >= 0.6 is 0 Å². The Bertz CT molecular complexity index is 2100. The molecular formula is C39H35N7O4S2. The van der Waals surface area contributed by atoms with E-state index in [1.165, 1.54) is 24.3 Å². The lowest BCUT2D eigenvalue weighted by Gasteiger charge is -2.28. The molecule has 0 aliphatic heterocycles. The number of nitrogens with zero attached hydrogens (tertiary/aromatic N) is 6. The Hall–Kier alpha value is -5.96. The van der Waals surface area contributed by atoms with Crippen molar-refractivity contribution in [3.05, 3.63) is 117 Å². The Labute approximate surface area is 305 Å². The van der Waals surface area contributed by atoms with Gasteiger partial charge in [0.05, 0.1) is 56.2 Å². The summed E-state index contributed by atoms with van der Waals surface area (Å²) in [7, 11) is -7.63. The van der Waals surface area contributed by atoms with Gasteiger partial charge in [0.25, 0.3) is 5.70 Å². The van der Waals surface area contributed by atoms with Gasteiger partial charge in [0.2, 0.25) is 0 Å². The van der Waals surface area contributed by atoms with Crippen LogP contribution in [0.4, 0.5) is 0 Å². The highest BCUT2D eigenvalue weighted by Crippen LogP contribution is 2.39. The predicted molar refractivity (Wildman–Crippen MR) is 192 cm³/mol. The van der Waals surface area contributed by atoms with Crippen LogP contribution in [0.3, 0.4) is 0 Å². The predicted octanol–water partition coefficient (Wildman–Crippen LogP) is 6.83. The molecule has 2 atom stereocenters. The molecule has 0 amide bonds. The summed E-state index contributed by atoms with van der Waals surface area (Å²) in [5.41, 5.74) is 1.08. The van der Waals surface area contributed by atoms with Crippen molar-refractivity contribution in [3.63, 3.8) is 0 Å². The van der Waals surface area contributed by atoms with Crippen molar-refractivity contribution in [2.24, 2.45) is 0 Å². The Morgan fingerprint density at radius 2 is 1.19 bits per heavy atom. The number of hydrogen-bond acceptors (Lipinski definition) is 10. The van der Waals surface area contributed by atoms with E-state index in [0.717, 1.165) is 19.3 Å². The molecule has 0 aromatic heterocycles. The molecule has 0 heterocycles. The van der Waals surface area contributed by atoms with Crippen LogP contribution in [0.1, 0.15) is 64.2 Å². The lowest BCUT2D eigenvalue weighted by molar-refractivity contribution is 0.554. The van der Waals surface area contributed by atoms with E-state index in [1.807, 2.05) is 18.2 Å². The van der Waals surface area contributed by atoms with E-state index < -0.39 is 30.2 Å². The van der Waals surface area contributed by atoms with Crippen molar-refractivity contribution in [1.29, 1.82) is 26.3 Å². The summed E-state index contributed by atoms with van der Waals surface area (Å²) in [4.78, 5) is 3.54. The molecule has 13 heteroatoms. The first-order chi connectivity index (χ1) is 25.1. The largest absolute Gasteiger partial charge is 0.387 e. The normalized spacial score (nSPS) is 18.5. The first-order valence-corrected chi connectivity index (χ1v) is 19.8. The number of allylic oxidation sites excluding steroid dienone is 8. The van der Waals surface area contributed by atoms with Crippen molar-refractivity contribution in [1.82, 2.24) is 5.32 Å². The number of nitrogens with one attached hydrogen (secondary N) is 1. The molecule has 0 spiro atoms. The van der Waals surface area contributed by atoms with Crippen molar-refractivity contribution in [2.45, 2.75) is 84.5 Å². The fraction of sp³-hybridized carbons (Fsp3) is 0.333. The van der Waals surface area contributed by atoms with Gasteiger partial charge >= 0.3 is 0 Å². The first kappa shape index (κ1) is 38.8. The zero-order valence-electron chi connectivity index (χ0n) is 28.3. The highest BCUT2D eigenvalue weighted by atomic mass is 32.2. The van der Waals surface area contributed by atoms with Crippen LogP contribution in [0, 0.1) is 63.2 Å². The van der Waals surface area contributed by atoms with Crippen LogP contribution in [0.5, 0.6) is 0 Å². The first-order valence-electron chi connectivity index (χ1n) is 16.7. The van der Waals surface area contributed by atoms with E-state index in [9.17, 15) is 43.1 Å². The number of rotatable bonds is 13. The van der Waals surface area contributed by atoms with Gasteiger partial charge in [0, 0.05) is 18.7 Å². The third-order valence-electron chi connectivity index (χ3n) is 9.30. The monoisotopic (exact) mass is 729 g/mol. The van der Waals surface area contributed by atoms with Gasteiger partial charge in [-0.2, -0.15) is 21.0 Å². The molecule has 2 aliphatic rings. The Morgan fingerprint density at radius 1 is 0.673 bits per heavy atom. The average Bonchev–Trinajstić information content (AvgIpc) is 3.17. The number of sulfone groups is 2. The molecule has 11 nitrogen and oxygen atoms in total. The average molecular weight is 730 g/mol. The lowest BCUT2D eigenvalue weighted by Crippen LogP contribution is -2.32. The molecule has 2 aromatic carbocycles. The number of unbranched alkanes of at least 4 members (excludes halogenated alkanes) is 4. The van der Waals surface area contributed by atoms with E-state index in [2.05, 4.69) is 22.3 Å². The molecule has 1 N–H and O–H groups in total. The highest BCUT2D eigenvalue weighted by molar-refractivity contribution is 7.92. The Morgan fingerprint density at radius 3 is 1.71 bits per heavy atom. The molecule has 4 rings (SSSR count). The smallest absolute Gasteiger partial charge is 0.266 e. The minimum atomic E-state index is -3.83. The maximum absolute atomic E-state index is 13.5. The highest BCUT2D eigenvalue weighted by Gasteiger charge is 2.37. The van der Waals surface area contributed by atoms with E-state index in [1.54, 1.807) is 36.4 Å². The third kappa shape index (κ3) is 8.66. The maximum Gasteiger partial charge on any atom is 0.266 e. The molecule has 2 unspecified atom stereocenters. The van der Waals surface area contributed by atoms with E-state index in [-0.39, 0.29) is 69.0 Å². The van der Waals surface area contributed by atoms with Crippen LogP contribution in [0.25, 0.3) is 4.85 Å². The van der Waals surface area contributed by atoms with Gasteiger partial charge in [-0.3, -0.25) is 0 Å². The van der Waals surface area contributed by atoms with Crippen molar-refractivity contribution < 1.29 is 16.8 Å². The Kier molecular flexibility index (Phi) is 13.3. The summed E-state index contributed by atoms with van der Waals surface area (Å²) in [5.74, 6) is 0. The van der Waals surface area contributed by atoms with Crippen molar-refractivity contribution in [3.8, 4) is 30.3 Å². The van der Waals surface area contributed by atoms with Crippen LogP contribution < -0.4 is 5.32 Å². The van der Waals surface area contributed by atoms with Gasteiger partial charge in [-0.1, -0.05) is 61.2 Å². The van der Waals surface area contributed by atoms with E-state index >= 15 is 0 Å². The van der Waals surface area contributed by atoms with Crippen LogP contribution in [0.15, 0.2) is 115 Å². The van der Waals surface area contributed by atoms with Crippen molar-refractivity contribution >= 4 is 19.7 Å². The van der Waals surface area contributed by atoms with Gasteiger partial charge < -0.3 is 5.32 Å². The van der Waals surface area contributed by atoms with E-state index in [4.69, 9.17) is 6.57 Å². The molecule has 0 fully saturated rings. The maximum atomic E-state index is 13.5. The molecule has 0 bridgehead atoms. The third-order valence-corrected chi connectivity index (χ3v) is 13.6. The van der Waals surface area contributed by atoms with Crippen LogP contribution in [0.2, 0.25) is 0 Å². The summed E-state index contributed by atoms with van der Waals surface area (Å²) < 4.78 is 54.1. The molecule has 2 aromatic rings. The van der Waals surface area contributed by atoms with Crippen LogP contribution in [-0.4, -0.2) is 33.9 Å². The second-order valence-electron chi connectivity index (χ2n) is 12.4. The second kappa shape index (κ2) is 17.8. The lowest BCUT2D eigenvalue weighted by atomic mass is 9.83. The van der Waals surface area contributed by atoms with Crippen molar-refractivity contribution in [2.75, 3.05) is 6.54 Å². The summed E-state index contributed by atoms with van der Waals surface area (Å²) in [6.07, 6.45) is 4.04.